The quantitative estimate of drug-likeness (QED) is 0.861. The van der Waals surface area contributed by atoms with Gasteiger partial charge in [0.1, 0.15) is 0 Å². The summed E-state index contributed by atoms with van der Waals surface area (Å²) in [6, 6.07) is 10.5. The highest BCUT2D eigenvalue weighted by atomic mass is 15.1. The van der Waals surface area contributed by atoms with Gasteiger partial charge in [0, 0.05) is 31.2 Å². The van der Waals surface area contributed by atoms with E-state index in [1.807, 2.05) is 18.5 Å². The summed E-state index contributed by atoms with van der Waals surface area (Å²) in [5.41, 5.74) is 3.66. The van der Waals surface area contributed by atoms with Gasteiger partial charge in [-0.1, -0.05) is 12.1 Å². The first-order valence-electron chi connectivity index (χ1n) is 7.83. The highest BCUT2D eigenvalue weighted by Gasteiger charge is 2.20. The fraction of sp³-hybridized carbons (Fsp3) is 0.444. The third kappa shape index (κ3) is 4.11. The molecule has 0 N–H and O–H groups in total. The Bertz CT molecular complexity index is 568. The molecule has 0 aliphatic carbocycles. The summed E-state index contributed by atoms with van der Waals surface area (Å²) in [5, 5.41) is 0. The second-order valence-electron chi connectivity index (χ2n) is 6.08. The van der Waals surface area contributed by atoms with Crippen LogP contribution in [-0.4, -0.2) is 28.0 Å². The molecule has 110 valence electrons. The largest absolute Gasteiger partial charge is 0.297 e. The Hall–Kier alpha value is -1.74. The fourth-order valence-corrected chi connectivity index (χ4v) is 3.23. The number of hydrogen-bond donors (Lipinski definition) is 0. The Morgan fingerprint density at radius 2 is 2.19 bits per heavy atom. The maximum Gasteiger partial charge on any atom is 0.0547 e. The second-order valence-corrected chi connectivity index (χ2v) is 6.08. The minimum Gasteiger partial charge on any atom is -0.297 e. The summed E-state index contributed by atoms with van der Waals surface area (Å²) in [4.78, 5) is 11.4. The van der Waals surface area contributed by atoms with Gasteiger partial charge in [0.15, 0.2) is 0 Å². The fourth-order valence-electron chi connectivity index (χ4n) is 3.23. The molecule has 1 aliphatic heterocycles. The first-order chi connectivity index (χ1) is 10.3. The topological polar surface area (TPSA) is 29.0 Å². The van der Waals surface area contributed by atoms with Crippen LogP contribution in [0.4, 0.5) is 0 Å². The first kappa shape index (κ1) is 14.2. The average Bonchev–Trinajstić information content (AvgIpc) is 2.49. The van der Waals surface area contributed by atoms with E-state index in [4.69, 9.17) is 0 Å². The van der Waals surface area contributed by atoms with Crippen molar-refractivity contribution in [2.45, 2.75) is 32.7 Å². The number of hydrogen-bond acceptors (Lipinski definition) is 3. The van der Waals surface area contributed by atoms with Gasteiger partial charge < -0.3 is 0 Å². The number of nitrogens with zero attached hydrogens (tertiary/aromatic N) is 3. The van der Waals surface area contributed by atoms with Crippen molar-refractivity contribution in [3.8, 4) is 0 Å². The number of pyridine rings is 2. The summed E-state index contributed by atoms with van der Waals surface area (Å²) in [7, 11) is 0. The van der Waals surface area contributed by atoms with E-state index in [0.29, 0.717) is 0 Å². The molecular weight excluding hydrogens is 258 g/mol. The van der Waals surface area contributed by atoms with E-state index >= 15 is 0 Å². The number of rotatable bonds is 4. The molecule has 21 heavy (non-hydrogen) atoms. The maximum atomic E-state index is 4.62. The minimum absolute atomic E-state index is 0.743. The van der Waals surface area contributed by atoms with Crippen molar-refractivity contribution < 1.29 is 0 Å². The van der Waals surface area contributed by atoms with Crippen molar-refractivity contribution in [2.75, 3.05) is 13.1 Å². The third-order valence-electron chi connectivity index (χ3n) is 4.18. The van der Waals surface area contributed by atoms with Crippen LogP contribution in [0.3, 0.4) is 0 Å². The monoisotopic (exact) mass is 281 g/mol. The molecule has 2 aromatic heterocycles. The predicted molar refractivity (Wildman–Crippen MR) is 84.9 cm³/mol. The van der Waals surface area contributed by atoms with Crippen LogP contribution in [0.2, 0.25) is 0 Å². The van der Waals surface area contributed by atoms with Gasteiger partial charge in [-0.05, 0) is 62.4 Å². The normalized spacial score (nSPS) is 19.6. The molecule has 0 spiro atoms. The van der Waals surface area contributed by atoms with Gasteiger partial charge in [0.25, 0.3) is 0 Å². The van der Waals surface area contributed by atoms with E-state index in [1.54, 1.807) is 0 Å². The van der Waals surface area contributed by atoms with Crippen LogP contribution >= 0.6 is 0 Å². The molecule has 0 aromatic carbocycles. The summed E-state index contributed by atoms with van der Waals surface area (Å²) < 4.78 is 0. The SMILES string of the molecule is Cc1cccc(CN2CCCC(Cc3cccnc3)C2)n1. The van der Waals surface area contributed by atoms with Crippen LogP contribution < -0.4 is 0 Å². The average molecular weight is 281 g/mol. The van der Waals surface area contributed by atoms with E-state index in [2.05, 4.69) is 46.1 Å². The van der Waals surface area contributed by atoms with Crippen LogP contribution in [0.15, 0.2) is 42.7 Å². The minimum atomic E-state index is 0.743. The van der Waals surface area contributed by atoms with E-state index in [0.717, 1.165) is 24.6 Å². The lowest BCUT2D eigenvalue weighted by atomic mass is 9.92. The Morgan fingerprint density at radius 3 is 3.00 bits per heavy atom. The number of aromatic nitrogens is 2. The number of aryl methyl sites for hydroxylation is 1. The van der Waals surface area contributed by atoms with E-state index < -0.39 is 0 Å². The van der Waals surface area contributed by atoms with Gasteiger partial charge in [-0.25, -0.2) is 0 Å². The summed E-state index contributed by atoms with van der Waals surface area (Å²) in [6.07, 6.45) is 7.61. The number of piperidine rings is 1. The van der Waals surface area contributed by atoms with Gasteiger partial charge >= 0.3 is 0 Å². The van der Waals surface area contributed by atoms with Crippen LogP contribution in [0.1, 0.15) is 29.8 Å². The highest BCUT2D eigenvalue weighted by molar-refractivity contribution is 5.11. The molecule has 0 amide bonds. The van der Waals surface area contributed by atoms with Crippen molar-refractivity contribution in [1.29, 1.82) is 0 Å². The molecular formula is C18H23N3. The zero-order chi connectivity index (χ0) is 14.5. The summed E-state index contributed by atoms with van der Waals surface area (Å²) in [5.74, 6) is 0.743. The molecule has 3 rings (SSSR count). The third-order valence-corrected chi connectivity index (χ3v) is 4.18. The molecule has 1 fully saturated rings. The predicted octanol–water partition coefficient (Wildman–Crippen LogP) is 3.24. The van der Waals surface area contributed by atoms with Gasteiger partial charge in [-0.2, -0.15) is 0 Å². The lowest BCUT2D eigenvalue weighted by Gasteiger charge is -2.32. The molecule has 0 radical (unpaired) electrons. The zero-order valence-electron chi connectivity index (χ0n) is 12.7. The molecule has 3 nitrogen and oxygen atoms in total. The lowest BCUT2D eigenvalue weighted by molar-refractivity contribution is 0.165. The van der Waals surface area contributed by atoms with Crippen LogP contribution in [-0.2, 0) is 13.0 Å². The molecule has 1 atom stereocenters. The Labute approximate surface area is 127 Å². The Morgan fingerprint density at radius 1 is 1.24 bits per heavy atom. The Kier molecular flexibility index (Phi) is 4.61. The highest BCUT2D eigenvalue weighted by Crippen LogP contribution is 2.21. The van der Waals surface area contributed by atoms with Crippen LogP contribution in [0, 0.1) is 12.8 Å². The summed E-state index contributed by atoms with van der Waals surface area (Å²) in [6.45, 7) is 5.40. The molecule has 0 saturated carbocycles. The Balaban J connectivity index is 1.58. The molecule has 3 heteroatoms. The van der Waals surface area contributed by atoms with E-state index in [1.165, 1.54) is 37.2 Å². The van der Waals surface area contributed by atoms with Gasteiger partial charge in [0.05, 0.1) is 5.69 Å². The first-order valence-corrected chi connectivity index (χ1v) is 7.83. The molecule has 1 unspecified atom stereocenters. The molecule has 1 saturated heterocycles. The van der Waals surface area contributed by atoms with Crippen molar-refractivity contribution in [2.24, 2.45) is 5.92 Å². The molecule has 3 heterocycles. The zero-order valence-corrected chi connectivity index (χ0v) is 12.7. The van der Waals surface area contributed by atoms with E-state index in [-0.39, 0.29) is 0 Å². The standard InChI is InChI=1S/C18H23N3/c1-15-5-2-8-18(20-15)14-21-10-4-7-17(13-21)11-16-6-3-9-19-12-16/h2-3,5-6,8-9,12,17H,4,7,10-11,13-14H2,1H3. The molecule has 1 aliphatic rings. The maximum absolute atomic E-state index is 4.62. The molecule has 0 bridgehead atoms. The lowest BCUT2D eigenvalue weighted by Crippen LogP contribution is -2.36. The van der Waals surface area contributed by atoms with Crippen molar-refractivity contribution in [3.05, 3.63) is 59.7 Å². The molecule has 2 aromatic rings. The van der Waals surface area contributed by atoms with Gasteiger partial charge in [-0.3, -0.25) is 14.9 Å². The van der Waals surface area contributed by atoms with Crippen molar-refractivity contribution in [3.63, 3.8) is 0 Å². The second kappa shape index (κ2) is 6.81. The van der Waals surface area contributed by atoms with E-state index in [9.17, 15) is 0 Å². The van der Waals surface area contributed by atoms with Crippen molar-refractivity contribution >= 4 is 0 Å². The number of likely N-dealkylation sites (tertiary alicyclic amines) is 1. The van der Waals surface area contributed by atoms with Gasteiger partial charge in [-0.15, -0.1) is 0 Å². The summed E-state index contributed by atoms with van der Waals surface area (Å²) >= 11 is 0. The van der Waals surface area contributed by atoms with Gasteiger partial charge in [0.2, 0.25) is 0 Å². The van der Waals surface area contributed by atoms with Crippen LogP contribution in [0.5, 0.6) is 0 Å². The van der Waals surface area contributed by atoms with Crippen molar-refractivity contribution in [1.82, 2.24) is 14.9 Å². The van der Waals surface area contributed by atoms with Crippen LogP contribution in [0.25, 0.3) is 0 Å². The smallest absolute Gasteiger partial charge is 0.0547 e.